The molecule has 1 N–H and O–H groups in total. The van der Waals surface area contributed by atoms with E-state index in [-0.39, 0.29) is 23.3 Å². The van der Waals surface area contributed by atoms with Gasteiger partial charge in [0.05, 0.1) is 12.6 Å². The minimum atomic E-state index is -4.27. The number of nitrogens with zero attached hydrogens (tertiary/aromatic N) is 4. The second-order valence-electron chi connectivity index (χ2n) is 10.1. The first-order chi connectivity index (χ1) is 20.6. The molecule has 0 atom stereocenters. The second kappa shape index (κ2) is 12.2. The van der Waals surface area contributed by atoms with Crippen LogP contribution in [0.15, 0.2) is 78.0 Å². The van der Waals surface area contributed by atoms with Crippen LogP contribution in [-0.2, 0) is 19.6 Å². The number of hydrogen-bond acceptors (Lipinski definition) is 8. The summed E-state index contributed by atoms with van der Waals surface area (Å²) in [5.41, 5.74) is 4.10. The van der Waals surface area contributed by atoms with Crippen molar-refractivity contribution in [3.8, 4) is 17.0 Å². The average molecular weight is 604 g/mol. The SMILES string of the molecule is COc1ncc(-c2cc(C)c3nccc(N4CCN(C(=O)C=CC(C)=O)CC4)c3c2)cc1NS(=O)(=O)c1ccccc1F. The molecule has 1 saturated heterocycles. The maximum Gasteiger partial charge on any atom is 0.264 e. The maximum atomic E-state index is 14.3. The van der Waals surface area contributed by atoms with Crippen molar-refractivity contribution in [3.05, 3.63) is 84.5 Å². The number of anilines is 2. The number of aryl methyl sites for hydroxylation is 1. The van der Waals surface area contributed by atoms with Crippen molar-refractivity contribution in [2.45, 2.75) is 18.7 Å². The van der Waals surface area contributed by atoms with Gasteiger partial charge in [-0.3, -0.25) is 19.3 Å². The number of ether oxygens (including phenoxy) is 1. The summed E-state index contributed by atoms with van der Waals surface area (Å²) in [6, 6.07) is 12.5. The van der Waals surface area contributed by atoms with Crippen LogP contribution >= 0.6 is 0 Å². The number of benzene rings is 2. The predicted octanol–water partition coefficient (Wildman–Crippen LogP) is 4.35. The van der Waals surface area contributed by atoms with E-state index in [0.29, 0.717) is 31.7 Å². The van der Waals surface area contributed by atoms with Crippen LogP contribution in [0.2, 0.25) is 0 Å². The molecule has 43 heavy (non-hydrogen) atoms. The predicted molar refractivity (Wildman–Crippen MR) is 162 cm³/mol. The number of sulfonamides is 1. The zero-order valence-electron chi connectivity index (χ0n) is 23.9. The highest BCUT2D eigenvalue weighted by atomic mass is 32.2. The Bertz CT molecular complexity index is 1850. The standard InChI is InChI=1S/C31H30FN5O5S/c1-20-16-22(23-18-26(31(42-3)34-19-23)35-43(40,41)28-7-5-4-6-25(28)32)17-24-27(10-11-33-30(20)24)36-12-14-37(15-13-36)29(39)9-8-21(2)38/h4-11,16-19,35H,12-15H2,1-3H3. The number of carbonyl (C=O) groups excluding carboxylic acids is 2. The molecule has 2 aromatic carbocycles. The number of halogens is 1. The molecule has 222 valence electrons. The number of fused-ring (bicyclic) bond motifs is 1. The van der Waals surface area contributed by atoms with Gasteiger partial charge in [0, 0.05) is 61.3 Å². The fourth-order valence-electron chi connectivity index (χ4n) is 5.03. The van der Waals surface area contributed by atoms with Gasteiger partial charge in [-0.25, -0.2) is 17.8 Å². The number of amides is 1. The van der Waals surface area contributed by atoms with Gasteiger partial charge in [0.15, 0.2) is 5.78 Å². The Balaban J connectivity index is 1.47. The van der Waals surface area contributed by atoms with E-state index in [1.165, 1.54) is 44.4 Å². The zero-order valence-corrected chi connectivity index (χ0v) is 24.7. The highest BCUT2D eigenvalue weighted by Crippen LogP contribution is 2.35. The summed E-state index contributed by atoms with van der Waals surface area (Å²) in [5.74, 6) is -1.21. The second-order valence-corrected chi connectivity index (χ2v) is 11.7. The van der Waals surface area contributed by atoms with Crippen LogP contribution in [0, 0.1) is 12.7 Å². The van der Waals surface area contributed by atoms with E-state index in [1.54, 1.807) is 23.4 Å². The van der Waals surface area contributed by atoms with Gasteiger partial charge in [-0.05, 0) is 67.4 Å². The van der Waals surface area contributed by atoms with Crippen molar-refractivity contribution < 1.29 is 27.1 Å². The van der Waals surface area contributed by atoms with Crippen molar-refractivity contribution in [1.82, 2.24) is 14.9 Å². The van der Waals surface area contributed by atoms with Gasteiger partial charge in [-0.15, -0.1) is 0 Å². The Morgan fingerprint density at radius 2 is 1.74 bits per heavy atom. The molecule has 12 heteroatoms. The maximum absolute atomic E-state index is 14.3. The highest BCUT2D eigenvalue weighted by molar-refractivity contribution is 7.92. The lowest BCUT2D eigenvalue weighted by Crippen LogP contribution is -2.48. The Labute approximate surface area is 248 Å². The molecular formula is C31H30FN5O5S. The van der Waals surface area contributed by atoms with E-state index in [4.69, 9.17) is 4.74 Å². The molecule has 3 heterocycles. The number of carbonyl (C=O) groups is 2. The number of aromatic nitrogens is 2. The van der Waals surface area contributed by atoms with Crippen molar-refractivity contribution in [2.75, 3.05) is 42.9 Å². The van der Waals surface area contributed by atoms with E-state index < -0.39 is 20.7 Å². The van der Waals surface area contributed by atoms with Crippen molar-refractivity contribution >= 4 is 44.0 Å². The summed E-state index contributed by atoms with van der Waals surface area (Å²) >= 11 is 0. The number of ketones is 1. The monoisotopic (exact) mass is 603 g/mol. The quantitative estimate of drug-likeness (QED) is 0.295. The van der Waals surface area contributed by atoms with Crippen molar-refractivity contribution in [3.63, 3.8) is 0 Å². The van der Waals surface area contributed by atoms with Gasteiger partial charge in [0.1, 0.15) is 16.4 Å². The molecule has 0 aliphatic carbocycles. The summed E-state index contributed by atoms with van der Waals surface area (Å²) in [4.78, 5) is 36.0. The topological polar surface area (TPSA) is 122 Å². The number of allylic oxidation sites excluding steroid dienone is 1. The van der Waals surface area contributed by atoms with Gasteiger partial charge in [-0.2, -0.15) is 0 Å². The number of methoxy groups -OCH3 is 1. The van der Waals surface area contributed by atoms with E-state index in [0.717, 1.165) is 33.8 Å². The van der Waals surface area contributed by atoms with Gasteiger partial charge >= 0.3 is 0 Å². The van der Waals surface area contributed by atoms with E-state index in [2.05, 4.69) is 19.6 Å². The number of rotatable bonds is 8. The Morgan fingerprint density at radius 3 is 2.44 bits per heavy atom. The molecule has 1 aliphatic heterocycles. The van der Waals surface area contributed by atoms with Crippen molar-refractivity contribution in [2.24, 2.45) is 0 Å². The number of piperazine rings is 1. The Kier molecular flexibility index (Phi) is 8.40. The summed E-state index contributed by atoms with van der Waals surface area (Å²) in [6.45, 7) is 5.52. The molecule has 0 unspecified atom stereocenters. The summed E-state index contributed by atoms with van der Waals surface area (Å²) in [5, 5.41) is 0.887. The lowest BCUT2D eigenvalue weighted by molar-refractivity contribution is -0.126. The number of hydrogen-bond donors (Lipinski definition) is 1. The van der Waals surface area contributed by atoms with Gasteiger partial charge in [-0.1, -0.05) is 12.1 Å². The summed E-state index contributed by atoms with van der Waals surface area (Å²) in [6.07, 6.45) is 5.92. The molecule has 0 saturated carbocycles. The molecule has 5 rings (SSSR count). The first kappa shape index (κ1) is 29.6. The van der Waals surface area contributed by atoms with Crippen LogP contribution in [0.3, 0.4) is 0 Å². The Hall–Kier alpha value is -4.84. The van der Waals surface area contributed by atoms with Crippen LogP contribution in [0.1, 0.15) is 12.5 Å². The lowest BCUT2D eigenvalue weighted by Gasteiger charge is -2.36. The van der Waals surface area contributed by atoms with Gasteiger partial charge < -0.3 is 14.5 Å². The third kappa shape index (κ3) is 6.33. The van der Waals surface area contributed by atoms with Crippen LogP contribution in [0.5, 0.6) is 5.88 Å². The van der Waals surface area contributed by atoms with E-state index in [9.17, 15) is 22.4 Å². The molecule has 1 amide bonds. The molecule has 0 bridgehead atoms. The minimum absolute atomic E-state index is 0.0362. The summed E-state index contributed by atoms with van der Waals surface area (Å²) in [7, 11) is -2.90. The molecule has 0 radical (unpaired) electrons. The Morgan fingerprint density at radius 1 is 1.00 bits per heavy atom. The molecule has 0 spiro atoms. The fourth-order valence-corrected chi connectivity index (χ4v) is 6.16. The molecule has 4 aromatic rings. The largest absolute Gasteiger partial charge is 0.480 e. The van der Waals surface area contributed by atoms with Crippen LogP contribution < -0.4 is 14.4 Å². The van der Waals surface area contributed by atoms with E-state index in [1.807, 2.05) is 25.1 Å². The van der Waals surface area contributed by atoms with Gasteiger partial charge in [0.25, 0.3) is 10.0 Å². The van der Waals surface area contributed by atoms with Gasteiger partial charge in [0.2, 0.25) is 11.8 Å². The van der Waals surface area contributed by atoms with Crippen molar-refractivity contribution in [1.29, 1.82) is 0 Å². The normalized spacial score (nSPS) is 13.9. The smallest absolute Gasteiger partial charge is 0.264 e. The first-order valence-electron chi connectivity index (χ1n) is 13.5. The molecule has 1 fully saturated rings. The third-order valence-electron chi connectivity index (χ3n) is 7.15. The molecule has 2 aromatic heterocycles. The molecule has 1 aliphatic rings. The van der Waals surface area contributed by atoms with Crippen LogP contribution in [0.4, 0.5) is 15.8 Å². The number of nitrogens with one attached hydrogen (secondary N) is 1. The third-order valence-corrected chi connectivity index (χ3v) is 8.55. The fraction of sp³-hybridized carbons (Fsp3) is 0.226. The highest BCUT2D eigenvalue weighted by Gasteiger charge is 2.23. The average Bonchev–Trinajstić information content (AvgIpc) is 2.99. The number of pyridine rings is 2. The molecular weight excluding hydrogens is 573 g/mol. The molecule has 10 nitrogen and oxygen atoms in total. The zero-order chi connectivity index (χ0) is 30.7. The van der Waals surface area contributed by atoms with E-state index >= 15 is 0 Å². The first-order valence-corrected chi connectivity index (χ1v) is 15.0. The summed E-state index contributed by atoms with van der Waals surface area (Å²) < 4.78 is 48.1. The van der Waals surface area contributed by atoms with Crippen LogP contribution in [0.25, 0.3) is 22.0 Å². The lowest BCUT2D eigenvalue weighted by atomic mass is 9.99. The van der Waals surface area contributed by atoms with Crippen LogP contribution in [-0.4, -0.2) is 68.3 Å². The minimum Gasteiger partial charge on any atom is -0.480 e.